The molecule has 0 saturated carbocycles. The highest BCUT2D eigenvalue weighted by atomic mass is 31.2. The summed E-state index contributed by atoms with van der Waals surface area (Å²) in [5, 5.41) is 0. The van der Waals surface area contributed by atoms with Crippen molar-refractivity contribution in [2.24, 2.45) is 0 Å². The molecule has 10 heteroatoms. The standard InChI is InChI=1S/C58H100NO8P/c1-6-8-10-12-14-16-18-19-20-21-22-23-24-25-26-27-28-29-30-31-32-33-34-35-36-37-38-39-41-43-45-47-49-51-58(61)67-56(55-66-68(62,63)65-53-52-59(3,4)5)54-64-57(60)50-48-46-44-42-40-17-15-13-11-9-7-2/h8,10,14,16,19-20,22-23,25-26,28-29,31-32,34-35,56H,6-7,9,11-13,15,17-18,21,24,27,30,33,36-55H2,1-5H3/p+1/b10-8-,16-14-,20-19-,23-22-,26-25-,29-28-,32-31-,35-34-. The van der Waals surface area contributed by atoms with E-state index < -0.39 is 26.5 Å². The fourth-order valence-electron chi connectivity index (χ4n) is 6.97. The second-order valence-corrected chi connectivity index (χ2v) is 20.3. The van der Waals surface area contributed by atoms with Crippen LogP contribution in [-0.2, 0) is 32.7 Å². The Kier molecular flexibility index (Phi) is 46.7. The van der Waals surface area contributed by atoms with Gasteiger partial charge in [-0.1, -0.05) is 214 Å². The van der Waals surface area contributed by atoms with Crippen LogP contribution in [0.25, 0.3) is 0 Å². The fraction of sp³-hybridized carbons (Fsp3) is 0.690. The minimum atomic E-state index is -4.38. The van der Waals surface area contributed by atoms with Crippen LogP contribution in [0.2, 0.25) is 0 Å². The van der Waals surface area contributed by atoms with Crippen LogP contribution in [0, 0.1) is 0 Å². The molecule has 0 aliphatic carbocycles. The number of hydrogen-bond donors (Lipinski definition) is 1. The van der Waals surface area contributed by atoms with Gasteiger partial charge in [-0.15, -0.1) is 0 Å². The van der Waals surface area contributed by atoms with Crippen LogP contribution in [0.3, 0.4) is 0 Å². The molecule has 1 N–H and O–H groups in total. The Hall–Kier alpha value is -3.07. The molecular formula is C58H101NO8P+. The van der Waals surface area contributed by atoms with E-state index in [4.69, 9.17) is 18.5 Å². The molecule has 2 atom stereocenters. The Labute approximate surface area is 417 Å². The number of rotatable bonds is 48. The second kappa shape index (κ2) is 48.9. The van der Waals surface area contributed by atoms with Crippen LogP contribution in [0.15, 0.2) is 97.2 Å². The monoisotopic (exact) mass is 971 g/mol. The summed E-state index contributed by atoms with van der Waals surface area (Å²) in [5.41, 5.74) is 0. The van der Waals surface area contributed by atoms with E-state index in [-0.39, 0.29) is 32.0 Å². The first-order valence-electron chi connectivity index (χ1n) is 27.0. The third-order valence-electron chi connectivity index (χ3n) is 11.1. The van der Waals surface area contributed by atoms with E-state index in [1.165, 1.54) is 77.0 Å². The predicted molar refractivity (Wildman–Crippen MR) is 288 cm³/mol. The van der Waals surface area contributed by atoms with Crippen molar-refractivity contribution in [3.63, 3.8) is 0 Å². The van der Waals surface area contributed by atoms with Crippen molar-refractivity contribution in [1.29, 1.82) is 0 Å². The summed E-state index contributed by atoms with van der Waals surface area (Å²) >= 11 is 0. The summed E-state index contributed by atoms with van der Waals surface area (Å²) in [7, 11) is 1.46. The topological polar surface area (TPSA) is 108 Å². The molecule has 9 nitrogen and oxygen atoms in total. The Bertz CT molecular complexity index is 1470. The molecule has 0 aromatic rings. The number of unbranched alkanes of at least 4 members (excludes halogenated alkanes) is 18. The lowest BCUT2D eigenvalue weighted by atomic mass is 10.1. The summed E-state index contributed by atoms with van der Waals surface area (Å²) in [5.74, 6) is -0.812. The van der Waals surface area contributed by atoms with E-state index in [1.54, 1.807) is 0 Å². The number of phosphoric ester groups is 1. The molecule has 0 bridgehead atoms. The van der Waals surface area contributed by atoms with Crippen LogP contribution in [0.5, 0.6) is 0 Å². The van der Waals surface area contributed by atoms with Gasteiger partial charge < -0.3 is 18.9 Å². The van der Waals surface area contributed by atoms with Gasteiger partial charge >= 0.3 is 19.8 Å². The molecular weight excluding hydrogens is 870 g/mol. The van der Waals surface area contributed by atoms with Crippen molar-refractivity contribution in [2.45, 2.75) is 213 Å². The van der Waals surface area contributed by atoms with E-state index in [9.17, 15) is 19.0 Å². The molecule has 0 amide bonds. The fourth-order valence-corrected chi connectivity index (χ4v) is 7.71. The molecule has 0 aliphatic heterocycles. The average Bonchev–Trinajstić information content (AvgIpc) is 3.30. The predicted octanol–water partition coefficient (Wildman–Crippen LogP) is 16.5. The summed E-state index contributed by atoms with van der Waals surface area (Å²) in [6.07, 6.45) is 66.2. The maximum absolute atomic E-state index is 12.8. The first-order chi connectivity index (χ1) is 33.0. The number of ether oxygens (including phenoxy) is 2. The number of likely N-dealkylation sites (N-methyl/N-ethyl adjacent to an activating group) is 1. The summed E-state index contributed by atoms with van der Waals surface area (Å²) in [4.78, 5) is 35.5. The van der Waals surface area contributed by atoms with Crippen LogP contribution in [-0.4, -0.2) is 74.9 Å². The van der Waals surface area contributed by atoms with Gasteiger partial charge in [0.2, 0.25) is 0 Å². The molecule has 68 heavy (non-hydrogen) atoms. The van der Waals surface area contributed by atoms with Gasteiger partial charge in [-0.25, -0.2) is 4.57 Å². The number of carbonyl (C=O) groups excluding carboxylic acids is 2. The largest absolute Gasteiger partial charge is 0.472 e. The van der Waals surface area contributed by atoms with Crippen molar-refractivity contribution in [2.75, 3.05) is 47.5 Å². The molecule has 390 valence electrons. The molecule has 0 aromatic heterocycles. The lowest BCUT2D eigenvalue weighted by molar-refractivity contribution is -0.870. The van der Waals surface area contributed by atoms with E-state index in [1.807, 2.05) is 21.1 Å². The molecule has 0 rings (SSSR count). The Morgan fingerprint density at radius 2 is 0.838 bits per heavy atom. The highest BCUT2D eigenvalue weighted by Crippen LogP contribution is 2.43. The van der Waals surface area contributed by atoms with Gasteiger partial charge in [0.1, 0.15) is 19.8 Å². The lowest BCUT2D eigenvalue weighted by Crippen LogP contribution is -2.37. The number of phosphoric acid groups is 1. The van der Waals surface area contributed by atoms with Gasteiger partial charge in [-0.05, 0) is 77.0 Å². The molecule has 0 radical (unpaired) electrons. The third-order valence-corrected chi connectivity index (χ3v) is 12.1. The van der Waals surface area contributed by atoms with Gasteiger partial charge in [-0.3, -0.25) is 18.6 Å². The van der Waals surface area contributed by atoms with Crippen molar-refractivity contribution in [1.82, 2.24) is 0 Å². The third kappa shape index (κ3) is 52.3. The Morgan fingerprint density at radius 3 is 1.25 bits per heavy atom. The average molecular weight is 971 g/mol. The van der Waals surface area contributed by atoms with Crippen molar-refractivity contribution >= 4 is 19.8 Å². The summed E-state index contributed by atoms with van der Waals surface area (Å²) in [6.45, 7) is 4.28. The lowest BCUT2D eigenvalue weighted by Gasteiger charge is -2.24. The van der Waals surface area contributed by atoms with Crippen molar-refractivity contribution < 1.29 is 42.1 Å². The highest BCUT2D eigenvalue weighted by Gasteiger charge is 2.27. The molecule has 2 unspecified atom stereocenters. The first-order valence-corrected chi connectivity index (χ1v) is 28.5. The molecule has 0 aromatic carbocycles. The van der Waals surface area contributed by atoms with Gasteiger partial charge in [0.05, 0.1) is 27.7 Å². The van der Waals surface area contributed by atoms with Crippen LogP contribution >= 0.6 is 7.82 Å². The molecule has 0 fully saturated rings. The minimum absolute atomic E-state index is 0.0266. The minimum Gasteiger partial charge on any atom is -0.462 e. The van der Waals surface area contributed by atoms with Gasteiger partial charge in [0.15, 0.2) is 6.10 Å². The molecule has 0 spiro atoms. The molecule has 0 saturated heterocycles. The van der Waals surface area contributed by atoms with Gasteiger partial charge in [0.25, 0.3) is 0 Å². The molecule has 0 heterocycles. The zero-order valence-electron chi connectivity index (χ0n) is 44.1. The van der Waals surface area contributed by atoms with Crippen LogP contribution in [0.1, 0.15) is 206 Å². The normalized spacial score (nSPS) is 14.1. The van der Waals surface area contributed by atoms with Gasteiger partial charge in [0, 0.05) is 12.8 Å². The smallest absolute Gasteiger partial charge is 0.462 e. The van der Waals surface area contributed by atoms with E-state index >= 15 is 0 Å². The number of quaternary nitrogens is 1. The SMILES string of the molecule is CC/C=C\C/C=C\C/C=C\C/C=C\C/C=C\C/C=C\C/C=C\C/C=C\CCCCCCCCCCC(=O)OC(COC(=O)CCCCCCCCCCCCC)COP(=O)(O)OCC[N+](C)(C)C. The Balaban J connectivity index is 4.15. The number of carbonyl (C=O) groups is 2. The maximum Gasteiger partial charge on any atom is 0.472 e. The van der Waals surface area contributed by atoms with Crippen molar-refractivity contribution in [3.8, 4) is 0 Å². The van der Waals surface area contributed by atoms with Crippen molar-refractivity contribution in [3.05, 3.63) is 97.2 Å². The summed E-state index contributed by atoms with van der Waals surface area (Å²) < 4.78 is 34.4. The number of nitrogens with zero attached hydrogens (tertiary/aromatic N) is 1. The summed E-state index contributed by atoms with van der Waals surface area (Å²) in [6, 6.07) is 0. The Morgan fingerprint density at radius 1 is 0.471 bits per heavy atom. The van der Waals surface area contributed by atoms with Gasteiger partial charge in [-0.2, -0.15) is 0 Å². The highest BCUT2D eigenvalue weighted by molar-refractivity contribution is 7.47. The first kappa shape index (κ1) is 64.9. The quantitative estimate of drug-likeness (QED) is 0.0211. The van der Waals surface area contributed by atoms with Crippen LogP contribution in [0.4, 0.5) is 0 Å². The molecule has 0 aliphatic rings. The zero-order valence-corrected chi connectivity index (χ0v) is 45.0. The van der Waals surface area contributed by atoms with E-state index in [0.717, 1.165) is 96.3 Å². The zero-order chi connectivity index (χ0) is 49.9. The maximum atomic E-state index is 12.8. The van der Waals surface area contributed by atoms with E-state index in [2.05, 4.69) is 111 Å². The number of allylic oxidation sites excluding steroid dienone is 16. The second-order valence-electron chi connectivity index (χ2n) is 18.9. The van der Waals surface area contributed by atoms with Crippen LogP contribution < -0.4 is 0 Å². The van der Waals surface area contributed by atoms with E-state index in [0.29, 0.717) is 17.4 Å². The number of hydrogen-bond acceptors (Lipinski definition) is 7. The number of esters is 2.